The van der Waals surface area contributed by atoms with Crippen LogP contribution >= 0.6 is 12.2 Å². The third-order valence-electron chi connectivity index (χ3n) is 1.83. The molecular weight excluding hydrogens is 258 g/mol. The smallest absolute Gasteiger partial charge is 0.324 e. The minimum Gasteiger partial charge on any atom is -0.388 e. The molecule has 17 heavy (non-hydrogen) atoms. The van der Waals surface area contributed by atoms with Crippen molar-refractivity contribution >= 4 is 23.0 Å². The molecule has 1 aromatic heterocycles. The minimum atomic E-state index is -4.11. The van der Waals surface area contributed by atoms with Crippen LogP contribution in [-0.2, 0) is 0 Å². The zero-order valence-corrected chi connectivity index (χ0v) is 9.28. The third kappa shape index (κ3) is 3.81. The van der Waals surface area contributed by atoms with E-state index in [9.17, 15) is 17.6 Å². The van der Waals surface area contributed by atoms with Crippen LogP contribution in [0.2, 0.25) is 0 Å². The molecule has 0 radical (unpaired) electrons. The highest BCUT2D eigenvalue weighted by Crippen LogP contribution is 2.22. The van der Waals surface area contributed by atoms with Crippen molar-refractivity contribution in [3.05, 3.63) is 23.9 Å². The van der Waals surface area contributed by atoms with Crippen molar-refractivity contribution in [3.63, 3.8) is 0 Å². The van der Waals surface area contributed by atoms with E-state index in [0.29, 0.717) is 0 Å². The number of nitrogens with two attached hydrogens (primary N) is 1. The molecule has 1 heterocycles. The van der Waals surface area contributed by atoms with Crippen molar-refractivity contribution in [2.24, 2.45) is 5.73 Å². The monoisotopic (exact) mass is 267 g/mol. The van der Waals surface area contributed by atoms with Gasteiger partial charge in [0.05, 0.1) is 12.2 Å². The molecule has 1 rings (SSSR count). The zero-order chi connectivity index (χ0) is 13.1. The fourth-order valence-corrected chi connectivity index (χ4v) is 1.07. The molecule has 0 unspecified atom stereocenters. The van der Waals surface area contributed by atoms with Crippen LogP contribution in [0.15, 0.2) is 18.2 Å². The van der Waals surface area contributed by atoms with Gasteiger partial charge in [-0.2, -0.15) is 8.78 Å². The molecule has 0 amide bonds. The predicted octanol–water partition coefficient (Wildman–Crippen LogP) is 2.03. The number of hydrogen-bond donors (Lipinski definition) is 2. The lowest BCUT2D eigenvalue weighted by molar-refractivity contribution is -0.117. The van der Waals surface area contributed by atoms with E-state index in [1.54, 1.807) is 0 Å². The van der Waals surface area contributed by atoms with Crippen LogP contribution in [0, 0.1) is 0 Å². The maximum atomic E-state index is 12.6. The molecule has 0 atom stereocenters. The topological polar surface area (TPSA) is 50.9 Å². The number of aromatic nitrogens is 1. The largest absolute Gasteiger partial charge is 0.388 e. The molecule has 0 aliphatic rings. The van der Waals surface area contributed by atoms with Gasteiger partial charge in [-0.15, -0.1) is 0 Å². The van der Waals surface area contributed by atoms with Crippen LogP contribution in [0.25, 0.3) is 0 Å². The first-order valence-corrected chi connectivity index (χ1v) is 4.90. The van der Waals surface area contributed by atoms with Crippen LogP contribution < -0.4 is 11.1 Å². The summed E-state index contributed by atoms with van der Waals surface area (Å²) in [7, 11) is 0. The van der Waals surface area contributed by atoms with Gasteiger partial charge in [-0.1, -0.05) is 18.3 Å². The van der Waals surface area contributed by atoms with Crippen molar-refractivity contribution < 1.29 is 17.6 Å². The molecular formula is C9H9F4N3S. The molecule has 0 aliphatic heterocycles. The highest BCUT2D eigenvalue weighted by atomic mass is 32.1. The summed E-state index contributed by atoms with van der Waals surface area (Å²) in [4.78, 5) is 3.77. The van der Waals surface area contributed by atoms with Crippen LogP contribution in [0.1, 0.15) is 5.69 Å². The van der Waals surface area contributed by atoms with Gasteiger partial charge in [-0.3, -0.25) is 0 Å². The Morgan fingerprint density at radius 1 is 1.47 bits per heavy atom. The molecule has 0 saturated carbocycles. The number of nitrogens with zero attached hydrogens (tertiary/aromatic N) is 1. The Morgan fingerprint density at radius 3 is 2.65 bits per heavy atom. The number of anilines is 1. The molecule has 0 spiro atoms. The Morgan fingerprint density at radius 2 is 2.12 bits per heavy atom. The molecule has 0 saturated heterocycles. The summed E-state index contributed by atoms with van der Waals surface area (Å²) in [5, 5.41) is 2.11. The van der Waals surface area contributed by atoms with Gasteiger partial charge in [-0.25, -0.2) is 13.8 Å². The highest BCUT2D eigenvalue weighted by molar-refractivity contribution is 7.80. The molecule has 0 fully saturated rings. The number of halogens is 4. The first-order chi connectivity index (χ1) is 7.83. The van der Waals surface area contributed by atoms with Gasteiger partial charge in [-0.05, 0) is 12.1 Å². The number of rotatable bonds is 5. The average Bonchev–Trinajstić information content (AvgIpc) is 2.26. The summed E-state index contributed by atoms with van der Waals surface area (Å²) in [6.07, 6.45) is -3.73. The second-order valence-corrected chi connectivity index (χ2v) is 3.63. The number of hydrogen-bond acceptors (Lipinski definition) is 3. The number of pyridine rings is 1. The van der Waals surface area contributed by atoms with Crippen molar-refractivity contribution in [2.45, 2.75) is 12.3 Å². The van der Waals surface area contributed by atoms with E-state index in [2.05, 4.69) is 22.5 Å². The number of thiocarbonyl (C=S) groups is 1. The lowest BCUT2D eigenvalue weighted by Gasteiger charge is -2.16. The summed E-state index contributed by atoms with van der Waals surface area (Å²) in [5.74, 6) is -4.10. The molecule has 3 nitrogen and oxygen atoms in total. The van der Waals surface area contributed by atoms with Crippen molar-refractivity contribution in [1.29, 1.82) is 0 Å². The summed E-state index contributed by atoms with van der Waals surface area (Å²) in [6, 6.07) is 4.31. The van der Waals surface area contributed by atoms with E-state index in [1.807, 2.05) is 0 Å². The fraction of sp³-hybridized carbons (Fsp3) is 0.333. The van der Waals surface area contributed by atoms with E-state index in [-0.39, 0.29) is 16.5 Å². The molecule has 94 valence electrons. The molecule has 3 N–H and O–H groups in total. The van der Waals surface area contributed by atoms with Crippen LogP contribution in [0.4, 0.5) is 23.4 Å². The van der Waals surface area contributed by atoms with Gasteiger partial charge >= 0.3 is 12.3 Å². The maximum Gasteiger partial charge on any atom is 0.324 e. The summed E-state index contributed by atoms with van der Waals surface area (Å²) in [6.45, 7) is -1.21. The maximum absolute atomic E-state index is 12.6. The van der Waals surface area contributed by atoms with Gasteiger partial charge < -0.3 is 11.1 Å². The van der Waals surface area contributed by atoms with E-state index in [0.717, 1.165) is 0 Å². The van der Waals surface area contributed by atoms with Crippen molar-refractivity contribution in [2.75, 3.05) is 11.9 Å². The van der Waals surface area contributed by atoms with E-state index >= 15 is 0 Å². The lowest BCUT2D eigenvalue weighted by Crippen LogP contribution is -2.35. The summed E-state index contributed by atoms with van der Waals surface area (Å²) >= 11 is 4.64. The average molecular weight is 267 g/mol. The van der Waals surface area contributed by atoms with E-state index < -0.39 is 18.9 Å². The number of nitrogens with one attached hydrogen (secondary N) is 1. The number of alkyl halides is 4. The van der Waals surface area contributed by atoms with Crippen LogP contribution in [-0.4, -0.2) is 28.9 Å². The molecule has 1 aromatic rings. The highest BCUT2D eigenvalue weighted by Gasteiger charge is 2.40. The Kier molecular flexibility index (Phi) is 4.22. The van der Waals surface area contributed by atoms with Gasteiger partial charge in [0.1, 0.15) is 10.8 Å². The zero-order valence-electron chi connectivity index (χ0n) is 8.46. The van der Waals surface area contributed by atoms with Crippen LogP contribution in [0.3, 0.4) is 0 Å². The third-order valence-corrected chi connectivity index (χ3v) is 2.04. The Hall–Kier alpha value is -1.44. The van der Waals surface area contributed by atoms with Crippen LogP contribution in [0.5, 0.6) is 0 Å². The Labute approximate surface area is 100 Å². The SMILES string of the molecule is NC(=S)c1cccc(NCC(F)(F)C(F)F)n1. The fourth-order valence-electron chi connectivity index (χ4n) is 0.956. The standard InChI is InChI=1S/C9H9F4N3S/c10-8(11)9(12,13)4-15-6-3-1-2-5(16-6)7(14)17/h1-3,8H,4H2,(H2,14,17)(H,15,16). The Bertz CT molecular complexity index is 411. The van der Waals surface area contributed by atoms with E-state index in [4.69, 9.17) is 5.73 Å². The molecule has 0 aromatic carbocycles. The van der Waals surface area contributed by atoms with Crippen molar-refractivity contribution in [1.82, 2.24) is 4.98 Å². The normalized spacial score (nSPS) is 11.6. The first-order valence-electron chi connectivity index (χ1n) is 4.49. The minimum absolute atomic E-state index is 0.00531. The van der Waals surface area contributed by atoms with Gasteiger partial charge in [0.25, 0.3) is 0 Å². The lowest BCUT2D eigenvalue weighted by atomic mass is 10.3. The Balaban J connectivity index is 2.70. The van der Waals surface area contributed by atoms with Crippen molar-refractivity contribution in [3.8, 4) is 0 Å². The molecule has 8 heteroatoms. The van der Waals surface area contributed by atoms with Gasteiger partial charge in [0, 0.05) is 0 Å². The second-order valence-electron chi connectivity index (χ2n) is 3.19. The second kappa shape index (κ2) is 5.26. The summed E-state index contributed by atoms with van der Waals surface area (Å²) < 4.78 is 48.9. The van der Waals surface area contributed by atoms with Gasteiger partial charge in [0.2, 0.25) is 0 Å². The van der Waals surface area contributed by atoms with Gasteiger partial charge in [0.15, 0.2) is 0 Å². The summed E-state index contributed by atoms with van der Waals surface area (Å²) in [5.41, 5.74) is 5.51. The quantitative estimate of drug-likeness (QED) is 0.633. The van der Waals surface area contributed by atoms with E-state index in [1.165, 1.54) is 18.2 Å². The first kappa shape index (κ1) is 13.6. The molecule has 0 aliphatic carbocycles. The molecule has 0 bridgehead atoms. The predicted molar refractivity (Wildman–Crippen MR) is 59.6 cm³/mol.